The molecule has 0 radical (unpaired) electrons. The van der Waals surface area contributed by atoms with E-state index in [1.807, 2.05) is 12.1 Å². The Balaban J connectivity index is 1.95. The lowest BCUT2D eigenvalue weighted by atomic mass is 10.1. The molecule has 27 heavy (non-hydrogen) atoms. The summed E-state index contributed by atoms with van der Waals surface area (Å²) in [6, 6.07) is 14.2. The molecule has 0 amide bonds. The first-order chi connectivity index (χ1) is 13.2. The number of hydrogen-bond acceptors (Lipinski definition) is 3. The van der Waals surface area contributed by atoms with Crippen LogP contribution in [-0.4, -0.2) is 22.1 Å². The van der Waals surface area contributed by atoms with Gasteiger partial charge in [-0.25, -0.2) is 13.8 Å². The Hall–Kier alpha value is -3.54. The maximum Gasteiger partial charge on any atom is 0.145 e. The van der Waals surface area contributed by atoms with Crippen LogP contribution in [0.1, 0.15) is 0 Å². The van der Waals surface area contributed by atoms with Gasteiger partial charge < -0.3 is 9.72 Å². The summed E-state index contributed by atoms with van der Waals surface area (Å²) in [4.78, 5) is 11.8. The first-order valence-corrected chi connectivity index (χ1v) is 8.26. The molecule has 0 saturated carbocycles. The number of ether oxygens (including phenoxy) is 1. The van der Waals surface area contributed by atoms with Gasteiger partial charge in [0.15, 0.2) is 0 Å². The number of hydrogen-bond donors (Lipinski definition) is 1. The fraction of sp³-hybridized carbons (Fsp3) is 0.0476. The van der Waals surface area contributed by atoms with E-state index in [9.17, 15) is 8.78 Å². The van der Waals surface area contributed by atoms with Gasteiger partial charge >= 0.3 is 0 Å². The lowest BCUT2D eigenvalue weighted by Gasteiger charge is -2.06. The monoisotopic (exact) mass is 363 g/mol. The predicted octanol–water partition coefficient (Wildman–Crippen LogP) is 5.09. The molecule has 2 aromatic heterocycles. The van der Waals surface area contributed by atoms with E-state index in [0.717, 1.165) is 5.56 Å². The number of imidazole rings is 1. The highest BCUT2D eigenvalue weighted by Crippen LogP contribution is 2.36. The number of benzene rings is 2. The Morgan fingerprint density at radius 1 is 0.889 bits per heavy atom. The molecule has 4 aromatic rings. The van der Waals surface area contributed by atoms with Crippen molar-refractivity contribution < 1.29 is 13.5 Å². The van der Waals surface area contributed by atoms with E-state index in [1.54, 1.807) is 36.7 Å². The molecule has 6 heteroatoms. The van der Waals surface area contributed by atoms with Gasteiger partial charge in [0.2, 0.25) is 0 Å². The molecule has 0 unspecified atom stereocenters. The number of aromatic amines is 1. The maximum absolute atomic E-state index is 14.5. The lowest BCUT2D eigenvalue weighted by Crippen LogP contribution is -1.93. The minimum atomic E-state index is -0.449. The topological polar surface area (TPSA) is 50.8 Å². The van der Waals surface area contributed by atoms with Crippen molar-refractivity contribution in [2.24, 2.45) is 0 Å². The van der Waals surface area contributed by atoms with E-state index in [0.29, 0.717) is 28.5 Å². The molecular formula is C21H15F2N3O. The third kappa shape index (κ3) is 3.17. The minimum absolute atomic E-state index is 0.240. The molecule has 0 bridgehead atoms. The average Bonchev–Trinajstić information content (AvgIpc) is 3.14. The van der Waals surface area contributed by atoms with Gasteiger partial charge in [0.25, 0.3) is 0 Å². The molecule has 4 nitrogen and oxygen atoms in total. The van der Waals surface area contributed by atoms with Crippen molar-refractivity contribution in [1.82, 2.24) is 15.0 Å². The van der Waals surface area contributed by atoms with Gasteiger partial charge in [0, 0.05) is 23.5 Å². The second-order valence-electron chi connectivity index (χ2n) is 5.87. The number of nitrogens with zero attached hydrogens (tertiary/aromatic N) is 2. The van der Waals surface area contributed by atoms with Crippen LogP contribution in [0.5, 0.6) is 5.75 Å². The second-order valence-corrected chi connectivity index (χ2v) is 5.87. The molecule has 0 aliphatic heterocycles. The van der Waals surface area contributed by atoms with Gasteiger partial charge in [-0.05, 0) is 48.5 Å². The van der Waals surface area contributed by atoms with Crippen molar-refractivity contribution >= 4 is 0 Å². The van der Waals surface area contributed by atoms with E-state index in [2.05, 4.69) is 15.0 Å². The van der Waals surface area contributed by atoms with Crippen molar-refractivity contribution in [3.05, 3.63) is 78.6 Å². The maximum atomic E-state index is 14.5. The highest BCUT2D eigenvalue weighted by Gasteiger charge is 2.20. The molecule has 0 aliphatic carbocycles. The van der Waals surface area contributed by atoms with E-state index in [4.69, 9.17) is 4.74 Å². The highest BCUT2D eigenvalue weighted by atomic mass is 19.1. The zero-order chi connectivity index (χ0) is 18.8. The van der Waals surface area contributed by atoms with Gasteiger partial charge in [-0.3, -0.25) is 4.98 Å². The van der Waals surface area contributed by atoms with E-state index in [-0.39, 0.29) is 11.4 Å². The fourth-order valence-corrected chi connectivity index (χ4v) is 2.94. The van der Waals surface area contributed by atoms with Crippen LogP contribution in [-0.2, 0) is 0 Å². The van der Waals surface area contributed by atoms with Crippen LogP contribution < -0.4 is 4.74 Å². The lowest BCUT2D eigenvalue weighted by molar-refractivity contribution is 0.413. The number of methoxy groups -OCH3 is 1. The van der Waals surface area contributed by atoms with Crippen molar-refractivity contribution in [2.45, 2.75) is 0 Å². The second kappa shape index (κ2) is 6.99. The summed E-state index contributed by atoms with van der Waals surface area (Å²) in [5.41, 5.74) is 3.05. The fourth-order valence-electron chi connectivity index (χ4n) is 2.94. The zero-order valence-electron chi connectivity index (χ0n) is 14.4. The first kappa shape index (κ1) is 16.9. The molecule has 0 fully saturated rings. The molecule has 2 aromatic carbocycles. The summed E-state index contributed by atoms with van der Waals surface area (Å²) < 4.78 is 33.2. The molecule has 4 rings (SSSR count). The molecule has 134 valence electrons. The number of H-pyrrole nitrogens is 1. The average molecular weight is 363 g/mol. The number of pyridine rings is 1. The summed E-state index contributed by atoms with van der Waals surface area (Å²) in [6.07, 6.45) is 3.32. The summed E-state index contributed by atoms with van der Waals surface area (Å²) in [6.45, 7) is 0. The van der Waals surface area contributed by atoms with Crippen molar-refractivity contribution in [2.75, 3.05) is 7.11 Å². The third-order valence-electron chi connectivity index (χ3n) is 4.22. The number of rotatable bonds is 4. The third-order valence-corrected chi connectivity index (χ3v) is 4.22. The van der Waals surface area contributed by atoms with Crippen LogP contribution >= 0.6 is 0 Å². The van der Waals surface area contributed by atoms with Gasteiger partial charge in [-0.15, -0.1) is 0 Å². The quantitative estimate of drug-likeness (QED) is 0.549. The van der Waals surface area contributed by atoms with Crippen molar-refractivity contribution in [1.29, 1.82) is 0 Å². The van der Waals surface area contributed by atoms with E-state index < -0.39 is 5.82 Å². The number of halogens is 2. The standard InChI is InChI=1S/C21H15F2N3O/c1-27-17-4-2-3-16(23)18(17)21-25-19(13-5-7-15(22)8-6-13)20(26-21)14-9-11-24-12-10-14/h2-12H,1H3,(H,25,26). The van der Waals surface area contributed by atoms with Gasteiger partial charge in [-0.1, -0.05) is 6.07 Å². The van der Waals surface area contributed by atoms with Gasteiger partial charge in [-0.2, -0.15) is 0 Å². The van der Waals surface area contributed by atoms with Crippen molar-refractivity contribution in [3.63, 3.8) is 0 Å². The molecular weight excluding hydrogens is 348 g/mol. The highest BCUT2D eigenvalue weighted by molar-refractivity contribution is 5.82. The van der Waals surface area contributed by atoms with Crippen LogP contribution in [0, 0.1) is 11.6 Å². The SMILES string of the molecule is COc1cccc(F)c1-c1nc(-c2ccc(F)cc2)c(-c2ccncc2)[nH]1. The Morgan fingerprint density at radius 2 is 1.63 bits per heavy atom. The Labute approximate surface area is 154 Å². The Bertz CT molecular complexity index is 1080. The molecule has 0 atom stereocenters. The van der Waals surface area contributed by atoms with Crippen LogP contribution in [0.25, 0.3) is 33.9 Å². The summed E-state index contributed by atoms with van der Waals surface area (Å²) in [5, 5.41) is 0. The smallest absolute Gasteiger partial charge is 0.145 e. The molecule has 1 N–H and O–H groups in total. The van der Waals surface area contributed by atoms with Gasteiger partial charge in [0.05, 0.1) is 24.1 Å². The first-order valence-electron chi connectivity index (χ1n) is 8.26. The summed E-state index contributed by atoms with van der Waals surface area (Å²) in [5.74, 6) is -0.0856. The van der Waals surface area contributed by atoms with Crippen molar-refractivity contribution in [3.8, 4) is 39.7 Å². The number of nitrogens with one attached hydrogen (secondary N) is 1. The minimum Gasteiger partial charge on any atom is -0.496 e. The zero-order valence-corrected chi connectivity index (χ0v) is 14.4. The number of aromatic nitrogens is 3. The van der Waals surface area contributed by atoms with Crippen LogP contribution in [0.3, 0.4) is 0 Å². The Kier molecular flexibility index (Phi) is 4.38. The Morgan fingerprint density at radius 3 is 2.33 bits per heavy atom. The predicted molar refractivity (Wildman–Crippen MR) is 99.2 cm³/mol. The largest absolute Gasteiger partial charge is 0.496 e. The molecule has 0 saturated heterocycles. The van der Waals surface area contributed by atoms with Gasteiger partial charge in [0.1, 0.15) is 23.2 Å². The molecule has 0 aliphatic rings. The molecule has 2 heterocycles. The summed E-state index contributed by atoms with van der Waals surface area (Å²) in [7, 11) is 1.48. The van der Waals surface area contributed by atoms with Crippen LogP contribution in [0.15, 0.2) is 67.0 Å². The van der Waals surface area contributed by atoms with Crippen LogP contribution in [0.2, 0.25) is 0 Å². The molecule has 0 spiro atoms. The van der Waals surface area contributed by atoms with E-state index >= 15 is 0 Å². The summed E-state index contributed by atoms with van der Waals surface area (Å²) >= 11 is 0. The normalized spacial score (nSPS) is 10.8. The van der Waals surface area contributed by atoms with E-state index in [1.165, 1.54) is 25.3 Å². The van der Waals surface area contributed by atoms with Crippen LogP contribution in [0.4, 0.5) is 8.78 Å².